The highest BCUT2D eigenvalue weighted by Gasteiger charge is 2.18. The van der Waals surface area contributed by atoms with Gasteiger partial charge in [-0.15, -0.1) is 11.8 Å². The van der Waals surface area contributed by atoms with Gasteiger partial charge in [0.2, 0.25) is 0 Å². The Morgan fingerprint density at radius 2 is 2.41 bits per heavy atom. The van der Waals surface area contributed by atoms with E-state index < -0.39 is 0 Å². The lowest BCUT2D eigenvalue weighted by atomic mass is 10.2. The summed E-state index contributed by atoms with van der Waals surface area (Å²) < 4.78 is 0. The molecule has 0 radical (unpaired) electrons. The number of carbonyl (C=O) groups is 1. The second-order valence-corrected chi connectivity index (χ2v) is 5.23. The Bertz CT molecular complexity index is 394. The summed E-state index contributed by atoms with van der Waals surface area (Å²) in [5, 5.41) is 2.20. The number of rotatable bonds is 4. The highest BCUT2D eigenvalue weighted by atomic mass is 35.5. The van der Waals surface area contributed by atoms with E-state index in [1.165, 1.54) is 5.06 Å². The molecule has 0 bridgehead atoms. The molecule has 0 saturated carbocycles. The van der Waals surface area contributed by atoms with Crippen LogP contribution in [0.5, 0.6) is 0 Å². The summed E-state index contributed by atoms with van der Waals surface area (Å²) in [6, 6.07) is 7.70. The SMILES string of the molecule is O=C(CSCc1cccc(Cl)c1)N1CCCO1. The lowest BCUT2D eigenvalue weighted by Gasteiger charge is -2.13. The summed E-state index contributed by atoms with van der Waals surface area (Å²) in [4.78, 5) is 16.8. The maximum absolute atomic E-state index is 11.7. The molecular weight excluding hydrogens is 258 g/mol. The highest BCUT2D eigenvalue weighted by Crippen LogP contribution is 2.17. The topological polar surface area (TPSA) is 29.5 Å². The Morgan fingerprint density at radius 1 is 1.53 bits per heavy atom. The van der Waals surface area contributed by atoms with Crippen LogP contribution in [-0.4, -0.2) is 29.9 Å². The van der Waals surface area contributed by atoms with E-state index in [9.17, 15) is 4.79 Å². The average molecular weight is 272 g/mol. The fourth-order valence-electron chi connectivity index (χ4n) is 1.60. The number of thioether (sulfide) groups is 1. The Kier molecular flexibility index (Phi) is 4.71. The molecule has 2 rings (SSSR count). The van der Waals surface area contributed by atoms with Crippen molar-refractivity contribution in [3.8, 4) is 0 Å². The molecule has 1 fully saturated rings. The lowest BCUT2D eigenvalue weighted by molar-refractivity contribution is -0.165. The number of carbonyl (C=O) groups excluding carboxylic acids is 1. The van der Waals surface area contributed by atoms with Gasteiger partial charge in [-0.2, -0.15) is 0 Å². The van der Waals surface area contributed by atoms with Crippen molar-refractivity contribution in [1.29, 1.82) is 0 Å². The summed E-state index contributed by atoms with van der Waals surface area (Å²) in [5.74, 6) is 1.29. The molecule has 1 amide bonds. The van der Waals surface area contributed by atoms with Crippen LogP contribution in [-0.2, 0) is 15.4 Å². The molecule has 1 aromatic rings. The molecular formula is C12H14ClNO2S. The second-order valence-electron chi connectivity index (χ2n) is 3.81. The molecule has 1 aromatic carbocycles. The smallest absolute Gasteiger partial charge is 0.256 e. The summed E-state index contributed by atoms with van der Waals surface area (Å²) in [6.07, 6.45) is 0.935. The Morgan fingerprint density at radius 3 is 3.12 bits per heavy atom. The van der Waals surface area contributed by atoms with Crippen LogP contribution < -0.4 is 0 Å². The zero-order valence-corrected chi connectivity index (χ0v) is 11.0. The highest BCUT2D eigenvalue weighted by molar-refractivity contribution is 7.99. The molecule has 1 heterocycles. The van der Waals surface area contributed by atoms with Gasteiger partial charge >= 0.3 is 0 Å². The fourth-order valence-corrected chi connectivity index (χ4v) is 2.65. The summed E-state index contributed by atoms with van der Waals surface area (Å²) in [5.41, 5.74) is 1.14. The van der Waals surface area contributed by atoms with Gasteiger partial charge in [0.05, 0.1) is 18.9 Å². The number of benzene rings is 1. The maximum atomic E-state index is 11.7. The van der Waals surface area contributed by atoms with Crippen LogP contribution in [0.15, 0.2) is 24.3 Å². The second kappa shape index (κ2) is 6.28. The van der Waals surface area contributed by atoms with Crippen molar-refractivity contribution in [2.45, 2.75) is 12.2 Å². The van der Waals surface area contributed by atoms with E-state index in [0.717, 1.165) is 29.3 Å². The molecule has 1 aliphatic heterocycles. The first-order chi connectivity index (χ1) is 8.25. The van der Waals surface area contributed by atoms with E-state index in [-0.39, 0.29) is 5.91 Å². The molecule has 0 aliphatic carbocycles. The maximum Gasteiger partial charge on any atom is 0.256 e. The van der Waals surface area contributed by atoms with Gasteiger partial charge in [-0.05, 0) is 24.1 Å². The van der Waals surface area contributed by atoms with Crippen molar-refractivity contribution in [3.05, 3.63) is 34.9 Å². The molecule has 0 atom stereocenters. The van der Waals surface area contributed by atoms with Crippen LogP contribution in [0.25, 0.3) is 0 Å². The number of hydrogen-bond acceptors (Lipinski definition) is 3. The minimum absolute atomic E-state index is 0.0505. The van der Waals surface area contributed by atoms with Gasteiger partial charge in [-0.3, -0.25) is 9.63 Å². The predicted molar refractivity (Wildman–Crippen MR) is 69.9 cm³/mol. The van der Waals surface area contributed by atoms with Gasteiger partial charge in [-0.25, -0.2) is 5.06 Å². The molecule has 0 aromatic heterocycles. The summed E-state index contributed by atoms with van der Waals surface area (Å²) in [7, 11) is 0. The normalized spacial score (nSPS) is 15.2. The Labute approximate surface area is 110 Å². The van der Waals surface area contributed by atoms with Gasteiger partial charge in [0.25, 0.3) is 5.91 Å². The van der Waals surface area contributed by atoms with E-state index in [1.807, 2.05) is 24.3 Å². The zero-order valence-electron chi connectivity index (χ0n) is 9.39. The van der Waals surface area contributed by atoms with Crippen molar-refractivity contribution < 1.29 is 9.63 Å². The largest absolute Gasteiger partial charge is 0.272 e. The van der Waals surface area contributed by atoms with Crippen LogP contribution >= 0.6 is 23.4 Å². The number of nitrogens with zero attached hydrogens (tertiary/aromatic N) is 1. The predicted octanol–water partition coefficient (Wildman–Crippen LogP) is 2.74. The molecule has 0 N–H and O–H groups in total. The van der Waals surface area contributed by atoms with E-state index in [2.05, 4.69) is 0 Å². The number of halogens is 1. The fraction of sp³-hybridized carbons (Fsp3) is 0.417. The molecule has 17 heavy (non-hydrogen) atoms. The van der Waals surface area contributed by atoms with Crippen molar-refractivity contribution in [1.82, 2.24) is 5.06 Å². The van der Waals surface area contributed by atoms with Gasteiger partial charge in [-0.1, -0.05) is 23.7 Å². The Hall–Kier alpha value is -0.710. The number of amides is 1. The monoisotopic (exact) mass is 271 g/mol. The van der Waals surface area contributed by atoms with Crippen LogP contribution in [0.3, 0.4) is 0 Å². The molecule has 0 spiro atoms. The van der Waals surface area contributed by atoms with Crippen LogP contribution in [0.2, 0.25) is 5.02 Å². The van der Waals surface area contributed by atoms with E-state index >= 15 is 0 Å². The quantitative estimate of drug-likeness (QED) is 0.843. The van der Waals surface area contributed by atoms with Crippen molar-refractivity contribution in [2.75, 3.05) is 18.9 Å². The summed E-state index contributed by atoms with van der Waals surface area (Å²) >= 11 is 7.47. The molecule has 0 unspecified atom stereocenters. The number of hydroxylamine groups is 2. The third-order valence-electron chi connectivity index (χ3n) is 2.41. The zero-order chi connectivity index (χ0) is 12.1. The lowest BCUT2D eigenvalue weighted by Crippen LogP contribution is -2.28. The minimum Gasteiger partial charge on any atom is -0.272 e. The van der Waals surface area contributed by atoms with Gasteiger partial charge in [0.15, 0.2) is 0 Å². The van der Waals surface area contributed by atoms with Crippen molar-refractivity contribution in [2.24, 2.45) is 0 Å². The van der Waals surface area contributed by atoms with Crippen LogP contribution in [0.1, 0.15) is 12.0 Å². The minimum atomic E-state index is 0.0505. The molecule has 1 saturated heterocycles. The van der Waals surface area contributed by atoms with Crippen LogP contribution in [0, 0.1) is 0 Å². The Balaban J connectivity index is 1.73. The molecule has 5 heteroatoms. The first kappa shape index (κ1) is 12.7. The van der Waals surface area contributed by atoms with Gasteiger partial charge < -0.3 is 0 Å². The number of hydrogen-bond donors (Lipinski definition) is 0. The van der Waals surface area contributed by atoms with Gasteiger partial charge in [0, 0.05) is 10.8 Å². The summed E-state index contributed by atoms with van der Waals surface area (Å²) in [6.45, 7) is 1.38. The van der Waals surface area contributed by atoms with Crippen LogP contribution in [0.4, 0.5) is 0 Å². The van der Waals surface area contributed by atoms with Crippen molar-refractivity contribution >= 4 is 29.3 Å². The molecule has 1 aliphatic rings. The van der Waals surface area contributed by atoms with Crippen molar-refractivity contribution in [3.63, 3.8) is 0 Å². The third-order valence-corrected chi connectivity index (χ3v) is 3.64. The van der Waals surface area contributed by atoms with E-state index in [4.69, 9.17) is 16.4 Å². The first-order valence-electron chi connectivity index (χ1n) is 5.51. The first-order valence-corrected chi connectivity index (χ1v) is 7.04. The molecule has 92 valence electrons. The standard InChI is InChI=1S/C12H14ClNO2S/c13-11-4-1-3-10(7-11)8-17-9-12(15)14-5-2-6-16-14/h1,3-4,7H,2,5-6,8-9H2. The molecule has 3 nitrogen and oxygen atoms in total. The van der Waals surface area contributed by atoms with E-state index in [0.29, 0.717) is 12.4 Å². The average Bonchev–Trinajstić information content (AvgIpc) is 2.82. The van der Waals surface area contributed by atoms with Gasteiger partial charge in [0.1, 0.15) is 0 Å². The third kappa shape index (κ3) is 3.91. The van der Waals surface area contributed by atoms with E-state index in [1.54, 1.807) is 11.8 Å².